The molecule has 0 spiro atoms. The molecule has 0 N–H and O–H groups in total. The van der Waals surface area contributed by atoms with Crippen molar-refractivity contribution in [2.75, 3.05) is 0 Å². The van der Waals surface area contributed by atoms with Crippen molar-refractivity contribution in [2.45, 2.75) is 23.4 Å². The van der Waals surface area contributed by atoms with Crippen molar-refractivity contribution >= 4 is 39.5 Å². The van der Waals surface area contributed by atoms with Gasteiger partial charge in [-0.25, -0.2) is 8.78 Å². The van der Waals surface area contributed by atoms with Crippen molar-refractivity contribution in [1.82, 2.24) is 0 Å². The Balaban J connectivity index is 2.09. The highest BCUT2D eigenvalue weighted by molar-refractivity contribution is 14.1. The van der Waals surface area contributed by atoms with Gasteiger partial charge in [-0.3, -0.25) is 0 Å². The van der Waals surface area contributed by atoms with Gasteiger partial charge < -0.3 is 0 Å². The van der Waals surface area contributed by atoms with Crippen LogP contribution in [0.2, 0.25) is 0 Å². The minimum absolute atomic E-state index is 0.00190. The number of fused-ring (bicyclic) bond motifs is 4. The van der Waals surface area contributed by atoms with Crippen molar-refractivity contribution in [3.8, 4) is 10.4 Å². The van der Waals surface area contributed by atoms with Gasteiger partial charge in [0.1, 0.15) is 10.7 Å². The van der Waals surface area contributed by atoms with Gasteiger partial charge in [-0.2, -0.15) is 13.2 Å². The lowest BCUT2D eigenvalue weighted by Crippen LogP contribution is -2.11. The molecule has 0 saturated carbocycles. The molecule has 2 aliphatic rings. The third-order valence-corrected chi connectivity index (χ3v) is 7.41. The van der Waals surface area contributed by atoms with E-state index in [0.29, 0.717) is 27.4 Å². The average Bonchev–Trinajstić information content (AvgIpc) is 3.00. The van der Waals surface area contributed by atoms with Crippen molar-refractivity contribution in [3.63, 3.8) is 0 Å². The molecule has 2 unspecified atom stereocenters. The van der Waals surface area contributed by atoms with Crippen LogP contribution in [0.1, 0.15) is 33.3 Å². The van der Waals surface area contributed by atoms with E-state index in [2.05, 4.69) is 22.6 Å². The summed E-state index contributed by atoms with van der Waals surface area (Å²) < 4.78 is 68.9. The third-order valence-electron chi connectivity index (χ3n) is 4.77. The number of allylic oxidation sites excluding steroid dienone is 4. The van der Waals surface area contributed by atoms with E-state index in [9.17, 15) is 22.0 Å². The Morgan fingerprint density at radius 1 is 1.12 bits per heavy atom. The number of halogens is 6. The molecule has 26 heavy (non-hydrogen) atoms. The van der Waals surface area contributed by atoms with Crippen LogP contribution in [-0.4, -0.2) is 0 Å². The summed E-state index contributed by atoms with van der Waals surface area (Å²) in [5.74, 6) is -2.54. The number of rotatable bonds is 0. The zero-order chi connectivity index (χ0) is 18.8. The van der Waals surface area contributed by atoms with E-state index in [1.807, 2.05) is 12.1 Å². The monoisotopic (exact) mass is 494 g/mol. The van der Waals surface area contributed by atoms with Crippen LogP contribution in [0, 0.1) is 5.92 Å². The smallest absolute Gasteiger partial charge is 0.208 e. The van der Waals surface area contributed by atoms with Crippen LogP contribution in [0.3, 0.4) is 0 Å². The van der Waals surface area contributed by atoms with Gasteiger partial charge in [-0.05, 0) is 29.2 Å². The normalized spacial score (nSPS) is 22.7. The Morgan fingerprint density at radius 3 is 2.50 bits per heavy atom. The number of alkyl halides is 4. The second-order valence-corrected chi connectivity index (χ2v) is 8.77. The van der Waals surface area contributed by atoms with Gasteiger partial charge in [0.05, 0.1) is 3.92 Å². The summed E-state index contributed by atoms with van der Waals surface area (Å²) >= 11 is 2.75. The molecule has 0 aliphatic heterocycles. The molecule has 136 valence electrons. The van der Waals surface area contributed by atoms with E-state index < -0.39 is 28.6 Å². The lowest BCUT2D eigenvalue weighted by Gasteiger charge is -2.25. The minimum Gasteiger partial charge on any atom is -0.208 e. The van der Waals surface area contributed by atoms with Gasteiger partial charge in [0.25, 0.3) is 0 Å². The molecule has 2 aliphatic carbocycles. The van der Waals surface area contributed by atoms with E-state index in [0.717, 1.165) is 11.6 Å². The molecule has 2 aromatic rings. The predicted molar refractivity (Wildman–Crippen MR) is 101 cm³/mol. The maximum absolute atomic E-state index is 14.9. The van der Waals surface area contributed by atoms with E-state index in [4.69, 9.17) is 0 Å². The first-order valence-corrected chi connectivity index (χ1v) is 9.99. The SMILES string of the molecule is CC1CC2=C(C(F)=C1F)c1cc(C(F)(F)F)sc1-c1ccccc1C2I. The van der Waals surface area contributed by atoms with E-state index in [-0.39, 0.29) is 21.5 Å². The predicted octanol–water partition coefficient (Wildman–Crippen LogP) is 7.87. The topological polar surface area (TPSA) is 0 Å². The second kappa shape index (κ2) is 6.15. The summed E-state index contributed by atoms with van der Waals surface area (Å²) in [5, 5.41) is 0. The lowest BCUT2D eigenvalue weighted by atomic mass is 9.84. The van der Waals surface area contributed by atoms with Crippen molar-refractivity contribution in [1.29, 1.82) is 0 Å². The Morgan fingerprint density at radius 2 is 1.81 bits per heavy atom. The van der Waals surface area contributed by atoms with Gasteiger partial charge in [0, 0.05) is 21.9 Å². The first kappa shape index (κ1) is 18.2. The van der Waals surface area contributed by atoms with Gasteiger partial charge in [-0.15, -0.1) is 11.3 Å². The maximum Gasteiger partial charge on any atom is 0.425 e. The largest absolute Gasteiger partial charge is 0.425 e. The van der Waals surface area contributed by atoms with Crippen LogP contribution in [0.15, 0.2) is 47.6 Å². The van der Waals surface area contributed by atoms with Crippen LogP contribution in [-0.2, 0) is 6.18 Å². The number of benzene rings is 1. The van der Waals surface area contributed by atoms with Gasteiger partial charge in [-0.1, -0.05) is 53.8 Å². The molecule has 0 bridgehead atoms. The second-order valence-electron chi connectivity index (χ2n) is 6.47. The fraction of sp³-hybridized carbons (Fsp3) is 0.263. The van der Waals surface area contributed by atoms with Crippen LogP contribution in [0.25, 0.3) is 16.0 Å². The van der Waals surface area contributed by atoms with Crippen LogP contribution >= 0.6 is 33.9 Å². The quantitative estimate of drug-likeness (QED) is 0.199. The van der Waals surface area contributed by atoms with Crippen LogP contribution in [0.4, 0.5) is 22.0 Å². The summed E-state index contributed by atoms with van der Waals surface area (Å²) in [7, 11) is 0. The zero-order valence-corrected chi connectivity index (χ0v) is 16.4. The number of thiophene rings is 1. The Hall–Kier alpha value is -1.22. The molecule has 0 fully saturated rings. The molecule has 0 saturated heterocycles. The fourth-order valence-corrected chi connectivity index (χ4v) is 5.74. The summed E-state index contributed by atoms with van der Waals surface area (Å²) in [4.78, 5) is -0.458. The summed E-state index contributed by atoms with van der Waals surface area (Å²) in [6.07, 6.45) is -4.25. The molecule has 0 amide bonds. The van der Waals surface area contributed by atoms with Crippen LogP contribution < -0.4 is 0 Å². The number of hydrogen-bond acceptors (Lipinski definition) is 1. The first-order valence-electron chi connectivity index (χ1n) is 7.93. The zero-order valence-electron chi connectivity index (χ0n) is 13.4. The van der Waals surface area contributed by atoms with Crippen LogP contribution in [0.5, 0.6) is 0 Å². The third kappa shape index (κ3) is 2.66. The van der Waals surface area contributed by atoms with Gasteiger partial charge >= 0.3 is 6.18 Å². The Bertz CT molecular complexity index is 967. The first-order chi connectivity index (χ1) is 12.2. The van der Waals surface area contributed by atoms with E-state index in [1.165, 1.54) is 0 Å². The molecule has 1 heterocycles. The van der Waals surface area contributed by atoms with Crippen molar-refractivity contribution < 1.29 is 22.0 Å². The van der Waals surface area contributed by atoms with Crippen molar-refractivity contribution in [3.05, 3.63) is 63.6 Å². The highest BCUT2D eigenvalue weighted by Crippen LogP contribution is 2.56. The molecule has 0 radical (unpaired) electrons. The molecule has 7 heteroatoms. The summed E-state index contributed by atoms with van der Waals surface area (Å²) in [5.41, 5.74) is 2.27. The molecule has 1 aromatic heterocycles. The van der Waals surface area contributed by atoms with Gasteiger partial charge in [0.15, 0.2) is 5.83 Å². The van der Waals surface area contributed by atoms with Crippen molar-refractivity contribution in [2.24, 2.45) is 5.92 Å². The highest BCUT2D eigenvalue weighted by atomic mass is 127. The lowest BCUT2D eigenvalue weighted by molar-refractivity contribution is -0.134. The average molecular weight is 494 g/mol. The molecule has 4 rings (SSSR count). The Kier molecular flexibility index (Phi) is 4.30. The molecule has 2 atom stereocenters. The maximum atomic E-state index is 14.9. The number of hydrogen-bond donors (Lipinski definition) is 0. The standard InChI is InChI=1S/C19H12F5IS/c1-8-6-11-14(16(21)15(8)20)12-7-13(19(22,23)24)26-18(12)10-5-3-2-4-9(10)17(11)25/h2-5,7-8,17H,6H2,1H3. The summed E-state index contributed by atoms with van der Waals surface area (Å²) in [6, 6.07) is 8.11. The summed E-state index contributed by atoms with van der Waals surface area (Å²) in [6.45, 7) is 1.59. The molecular formula is C19H12F5IS. The van der Waals surface area contributed by atoms with Gasteiger partial charge in [0.2, 0.25) is 0 Å². The molecule has 0 nitrogen and oxygen atoms in total. The Labute approximate surface area is 164 Å². The van der Waals surface area contributed by atoms with E-state index >= 15 is 0 Å². The van der Waals surface area contributed by atoms with E-state index in [1.54, 1.807) is 19.1 Å². The fourth-order valence-electron chi connectivity index (χ4n) is 3.55. The highest BCUT2D eigenvalue weighted by Gasteiger charge is 2.40. The molecule has 1 aromatic carbocycles. The minimum atomic E-state index is -4.53. The molecular weight excluding hydrogens is 482 g/mol.